The van der Waals surface area contributed by atoms with Crippen LogP contribution in [0.2, 0.25) is 0 Å². The third-order valence-corrected chi connectivity index (χ3v) is 4.98. The van der Waals surface area contributed by atoms with E-state index in [9.17, 15) is 14.7 Å². The van der Waals surface area contributed by atoms with E-state index in [2.05, 4.69) is 21.0 Å². The van der Waals surface area contributed by atoms with E-state index in [0.717, 1.165) is 15.9 Å². The number of halogens is 1. The molecule has 6 nitrogen and oxygen atoms in total. The van der Waals surface area contributed by atoms with Gasteiger partial charge in [-0.25, -0.2) is 4.68 Å². The molecule has 0 bridgehead atoms. The number of aliphatic carboxylic acids is 1. The van der Waals surface area contributed by atoms with Crippen LogP contribution in [-0.4, -0.2) is 44.8 Å². The summed E-state index contributed by atoms with van der Waals surface area (Å²) < 4.78 is 2.68. The molecule has 3 rings (SSSR count). The lowest BCUT2D eigenvalue weighted by molar-refractivity contribution is -0.147. The molecule has 2 aromatic rings. The Hall–Kier alpha value is -2.15. The van der Waals surface area contributed by atoms with Gasteiger partial charge in [0.15, 0.2) is 5.69 Å². The molecule has 1 aliphatic rings. The predicted octanol–water partition coefficient (Wildman–Crippen LogP) is 2.88. The summed E-state index contributed by atoms with van der Waals surface area (Å²) in [4.78, 5) is 25.6. The molecule has 1 aromatic heterocycles. The lowest BCUT2D eigenvalue weighted by Gasteiger charge is -2.19. The van der Waals surface area contributed by atoms with Gasteiger partial charge in [-0.1, -0.05) is 15.9 Å². The lowest BCUT2D eigenvalue weighted by Crippen LogP contribution is -2.35. The van der Waals surface area contributed by atoms with Crippen molar-refractivity contribution in [2.24, 2.45) is 5.41 Å². The summed E-state index contributed by atoms with van der Waals surface area (Å²) in [6.07, 6.45) is 0.459. The molecule has 24 heavy (non-hydrogen) atoms. The number of rotatable bonds is 3. The van der Waals surface area contributed by atoms with Crippen LogP contribution in [0.5, 0.6) is 0 Å². The van der Waals surface area contributed by atoms with Crippen molar-refractivity contribution in [2.75, 3.05) is 13.1 Å². The molecule has 0 unspecified atom stereocenters. The van der Waals surface area contributed by atoms with Gasteiger partial charge in [-0.15, -0.1) is 0 Å². The van der Waals surface area contributed by atoms with Crippen molar-refractivity contribution in [1.29, 1.82) is 0 Å². The van der Waals surface area contributed by atoms with Crippen molar-refractivity contribution in [3.8, 4) is 5.69 Å². The molecule has 1 aromatic carbocycles. The van der Waals surface area contributed by atoms with E-state index in [1.54, 1.807) is 22.6 Å². The van der Waals surface area contributed by atoms with E-state index in [0.29, 0.717) is 18.7 Å². The number of carboxylic acid groups (broad SMARTS) is 1. The molecule has 2 heterocycles. The van der Waals surface area contributed by atoms with Crippen LogP contribution >= 0.6 is 15.9 Å². The number of hydrogen-bond donors (Lipinski definition) is 1. The Morgan fingerprint density at radius 2 is 1.96 bits per heavy atom. The molecule has 1 amide bonds. The Bertz CT molecular complexity index is 800. The van der Waals surface area contributed by atoms with Gasteiger partial charge in [-0.3, -0.25) is 9.59 Å². The fourth-order valence-corrected chi connectivity index (χ4v) is 3.16. The van der Waals surface area contributed by atoms with Crippen LogP contribution in [0, 0.1) is 12.3 Å². The van der Waals surface area contributed by atoms with Crippen molar-refractivity contribution in [1.82, 2.24) is 14.7 Å². The van der Waals surface area contributed by atoms with Crippen LogP contribution < -0.4 is 0 Å². The zero-order valence-electron chi connectivity index (χ0n) is 13.5. The van der Waals surface area contributed by atoms with Crippen molar-refractivity contribution < 1.29 is 14.7 Å². The quantitative estimate of drug-likeness (QED) is 0.872. The van der Waals surface area contributed by atoms with Crippen molar-refractivity contribution in [3.05, 3.63) is 46.2 Å². The number of amides is 1. The van der Waals surface area contributed by atoms with Gasteiger partial charge < -0.3 is 10.0 Å². The van der Waals surface area contributed by atoms with Crippen molar-refractivity contribution in [3.63, 3.8) is 0 Å². The summed E-state index contributed by atoms with van der Waals surface area (Å²) in [6.45, 7) is 4.21. The smallest absolute Gasteiger partial charge is 0.311 e. The molecule has 7 heteroatoms. The summed E-state index contributed by atoms with van der Waals surface area (Å²) in [6, 6.07) is 9.39. The average Bonchev–Trinajstić information content (AvgIpc) is 3.12. The van der Waals surface area contributed by atoms with Gasteiger partial charge in [-0.2, -0.15) is 5.10 Å². The summed E-state index contributed by atoms with van der Waals surface area (Å²) in [5.74, 6) is -1.09. The Labute approximate surface area is 148 Å². The molecule has 1 atom stereocenters. The second kappa shape index (κ2) is 6.05. The normalized spacial score (nSPS) is 20.4. The maximum absolute atomic E-state index is 12.7. The lowest BCUT2D eigenvalue weighted by atomic mass is 9.90. The van der Waals surface area contributed by atoms with E-state index in [-0.39, 0.29) is 12.5 Å². The number of aryl methyl sites for hydroxylation is 1. The van der Waals surface area contributed by atoms with E-state index >= 15 is 0 Å². The number of carboxylic acids is 1. The number of hydrogen-bond acceptors (Lipinski definition) is 3. The molecule has 0 saturated carbocycles. The molecule has 1 fully saturated rings. The molecule has 0 spiro atoms. The second-order valence-electron chi connectivity index (χ2n) is 6.40. The standard InChI is InChI=1S/C17H18BrN3O3/c1-11-9-14(19-21(11)13-5-3-12(18)4-6-13)15(22)20-8-7-17(2,10-20)16(23)24/h3-6,9H,7-8,10H2,1-2H3,(H,23,24)/t17-/m0/s1. The largest absolute Gasteiger partial charge is 0.481 e. The number of carbonyl (C=O) groups excluding carboxylic acids is 1. The first kappa shape index (κ1) is 16.7. The van der Waals surface area contributed by atoms with Crippen LogP contribution in [0.25, 0.3) is 5.69 Å². The fourth-order valence-electron chi connectivity index (χ4n) is 2.89. The molecule has 0 aliphatic carbocycles. The summed E-state index contributed by atoms with van der Waals surface area (Å²) in [5.41, 5.74) is 1.18. The third kappa shape index (κ3) is 2.96. The van der Waals surface area contributed by atoms with E-state index in [1.807, 2.05) is 31.2 Å². The van der Waals surface area contributed by atoms with E-state index < -0.39 is 11.4 Å². The van der Waals surface area contributed by atoms with Gasteiger partial charge in [0.1, 0.15) is 0 Å². The van der Waals surface area contributed by atoms with E-state index in [4.69, 9.17) is 0 Å². The SMILES string of the molecule is Cc1cc(C(=O)N2CC[C@](C)(C(=O)O)C2)nn1-c1ccc(Br)cc1. The summed E-state index contributed by atoms with van der Waals surface area (Å²) in [7, 11) is 0. The minimum absolute atomic E-state index is 0.214. The Morgan fingerprint density at radius 1 is 1.29 bits per heavy atom. The molecular weight excluding hydrogens is 374 g/mol. The number of benzene rings is 1. The minimum atomic E-state index is -0.876. The van der Waals surface area contributed by atoms with Crippen LogP contribution in [0.1, 0.15) is 29.5 Å². The van der Waals surface area contributed by atoms with Crippen LogP contribution in [0.3, 0.4) is 0 Å². The summed E-state index contributed by atoms with van der Waals surface area (Å²) in [5, 5.41) is 13.7. The van der Waals surface area contributed by atoms with Gasteiger partial charge in [0.2, 0.25) is 0 Å². The van der Waals surface area contributed by atoms with Crippen molar-refractivity contribution >= 4 is 27.8 Å². The average molecular weight is 392 g/mol. The van der Waals surface area contributed by atoms with Crippen LogP contribution in [0.15, 0.2) is 34.8 Å². The molecule has 126 valence electrons. The number of aromatic nitrogens is 2. The highest BCUT2D eigenvalue weighted by molar-refractivity contribution is 9.10. The van der Waals surface area contributed by atoms with E-state index in [1.165, 1.54) is 0 Å². The van der Waals surface area contributed by atoms with Gasteiger partial charge in [0.25, 0.3) is 5.91 Å². The monoisotopic (exact) mass is 391 g/mol. The molecular formula is C17H18BrN3O3. The Kier molecular flexibility index (Phi) is 4.21. The zero-order valence-corrected chi connectivity index (χ0v) is 15.1. The highest BCUT2D eigenvalue weighted by Gasteiger charge is 2.42. The van der Waals surface area contributed by atoms with Gasteiger partial charge >= 0.3 is 5.97 Å². The first-order valence-corrected chi connectivity index (χ1v) is 8.45. The van der Waals surface area contributed by atoms with Crippen LogP contribution in [-0.2, 0) is 4.79 Å². The highest BCUT2D eigenvalue weighted by Crippen LogP contribution is 2.31. The zero-order chi connectivity index (χ0) is 17.5. The molecule has 1 saturated heterocycles. The summed E-state index contributed by atoms with van der Waals surface area (Å²) >= 11 is 3.39. The first-order chi connectivity index (χ1) is 11.3. The van der Waals surface area contributed by atoms with Crippen molar-refractivity contribution in [2.45, 2.75) is 20.3 Å². The molecule has 1 aliphatic heterocycles. The van der Waals surface area contributed by atoms with Gasteiger partial charge in [0, 0.05) is 23.3 Å². The highest BCUT2D eigenvalue weighted by atomic mass is 79.9. The third-order valence-electron chi connectivity index (χ3n) is 4.45. The number of nitrogens with zero attached hydrogens (tertiary/aromatic N) is 3. The number of likely N-dealkylation sites (tertiary alicyclic amines) is 1. The molecule has 0 radical (unpaired) electrons. The fraction of sp³-hybridized carbons (Fsp3) is 0.353. The maximum atomic E-state index is 12.7. The first-order valence-electron chi connectivity index (χ1n) is 7.65. The number of carbonyl (C=O) groups is 2. The molecule has 1 N–H and O–H groups in total. The van der Waals surface area contributed by atoms with Gasteiger partial charge in [-0.05, 0) is 50.6 Å². The Morgan fingerprint density at radius 3 is 2.54 bits per heavy atom. The minimum Gasteiger partial charge on any atom is -0.481 e. The maximum Gasteiger partial charge on any atom is 0.311 e. The topological polar surface area (TPSA) is 75.4 Å². The van der Waals surface area contributed by atoms with Gasteiger partial charge in [0.05, 0.1) is 11.1 Å². The van der Waals surface area contributed by atoms with Crippen LogP contribution in [0.4, 0.5) is 0 Å². The Balaban J connectivity index is 1.84. The second-order valence-corrected chi connectivity index (χ2v) is 7.32. The predicted molar refractivity (Wildman–Crippen MR) is 92.3 cm³/mol.